The first-order valence-corrected chi connectivity index (χ1v) is 12.4. The molecular formula is C25H24Cl2N2O3S. The van der Waals surface area contributed by atoms with Crippen LogP contribution in [0, 0.1) is 0 Å². The molecule has 0 radical (unpaired) electrons. The summed E-state index contributed by atoms with van der Waals surface area (Å²) >= 11 is 13.5. The van der Waals surface area contributed by atoms with Gasteiger partial charge in [0.1, 0.15) is 10.8 Å². The highest BCUT2D eigenvalue weighted by Gasteiger charge is 2.26. The lowest BCUT2D eigenvalue weighted by atomic mass is 9.95. The first-order chi connectivity index (χ1) is 16.0. The Kier molecular flexibility index (Phi) is 7.91. The second kappa shape index (κ2) is 11.1. The third-order valence-corrected chi connectivity index (χ3v) is 7.18. The van der Waals surface area contributed by atoms with E-state index in [0.29, 0.717) is 32.9 Å². The van der Waals surface area contributed by atoms with Gasteiger partial charge in [0, 0.05) is 16.4 Å². The Labute approximate surface area is 207 Å². The van der Waals surface area contributed by atoms with Crippen molar-refractivity contribution >= 4 is 51.4 Å². The lowest BCUT2D eigenvalue weighted by molar-refractivity contribution is -0.118. The monoisotopic (exact) mass is 502 g/mol. The molecule has 1 aliphatic carbocycles. The number of nitrogens with one attached hydrogen (secondary N) is 2. The van der Waals surface area contributed by atoms with E-state index < -0.39 is 0 Å². The predicted molar refractivity (Wildman–Crippen MR) is 134 cm³/mol. The van der Waals surface area contributed by atoms with Crippen LogP contribution >= 0.6 is 34.5 Å². The molecule has 0 bridgehead atoms. The number of fused-ring (bicyclic) bond motifs is 1. The Morgan fingerprint density at radius 3 is 2.61 bits per heavy atom. The number of anilines is 1. The van der Waals surface area contributed by atoms with Gasteiger partial charge in [0.2, 0.25) is 0 Å². The maximum absolute atomic E-state index is 13.1. The van der Waals surface area contributed by atoms with E-state index in [1.54, 1.807) is 18.2 Å². The smallest absolute Gasteiger partial charge is 0.262 e. The van der Waals surface area contributed by atoms with E-state index in [9.17, 15) is 9.59 Å². The molecule has 0 aliphatic heterocycles. The Morgan fingerprint density at radius 2 is 1.82 bits per heavy atom. The molecule has 4 rings (SSSR count). The number of amides is 2. The summed E-state index contributed by atoms with van der Waals surface area (Å²) < 4.78 is 5.54. The molecule has 1 aliphatic rings. The quantitative estimate of drug-likeness (QED) is 0.401. The summed E-state index contributed by atoms with van der Waals surface area (Å²) in [7, 11) is 0. The van der Waals surface area contributed by atoms with Gasteiger partial charge < -0.3 is 15.4 Å². The molecule has 0 saturated carbocycles. The molecule has 8 heteroatoms. The number of thiophene rings is 1. The number of carbonyl (C=O) groups is 2. The predicted octanol–water partition coefficient (Wildman–Crippen LogP) is 5.92. The maximum atomic E-state index is 13.1. The van der Waals surface area contributed by atoms with E-state index >= 15 is 0 Å². The number of halogens is 2. The third kappa shape index (κ3) is 6.08. The summed E-state index contributed by atoms with van der Waals surface area (Å²) in [5.41, 5.74) is 2.80. The molecule has 0 fully saturated rings. The summed E-state index contributed by atoms with van der Waals surface area (Å²) in [6.45, 7) is 0.304. The summed E-state index contributed by atoms with van der Waals surface area (Å²) in [6, 6.07) is 14.8. The number of hydrogen-bond donors (Lipinski definition) is 2. The molecular weight excluding hydrogens is 479 g/mol. The number of hydrogen-bond acceptors (Lipinski definition) is 4. The van der Waals surface area contributed by atoms with E-state index in [1.165, 1.54) is 16.2 Å². The van der Waals surface area contributed by atoms with Gasteiger partial charge in [-0.05, 0) is 61.4 Å². The largest absolute Gasteiger partial charge is 0.482 e. The van der Waals surface area contributed by atoms with E-state index in [2.05, 4.69) is 10.6 Å². The van der Waals surface area contributed by atoms with Gasteiger partial charge >= 0.3 is 0 Å². The topological polar surface area (TPSA) is 67.4 Å². The molecule has 172 valence electrons. The summed E-state index contributed by atoms with van der Waals surface area (Å²) in [6.07, 6.45) is 4.65. The molecule has 0 saturated heterocycles. The maximum Gasteiger partial charge on any atom is 0.262 e. The van der Waals surface area contributed by atoms with Gasteiger partial charge in [-0.2, -0.15) is 0 Å². The van der Waals surface area contributed by atoms with Crippen LogP contribution < -0.4 is 15.4 Å². The molecule has 1 heterocycles. The van der Waals surface area contributed by atoms with Crippen LogP contribution in [0.1, 0.15) is 39.2 Å². The van der Waals surface area contributed by atoms with Gasteiger partial charge in [0.15, 0.2) is 6.61 Å². The standard InChI is InChI=1S/C25H24Cl2N2O3S/c26-17-10-11-20(19(27)14-17)32-15-22(30)29-25-23(18-8-4-5-9-21(18)33-25)24(31)28-13-12-16-6-2-1-3-7-16/h1-3,6-7,10-11,14H,4-5,8-9,12-13,15H2,(H,28,31)(H,29,30). The van der Waals surface area contributed by atoms with Crippen LogP contribution in [0.25, 0.3) is 0 Å². The SMILES string of the molecule is O=C(COc1ccc(Cl)cc1Cl)Nc1sc2c(c1C(=O)NCCc1ccccc1)CCCC2. The molecule has 1 aromatic heterocycles. The first kappa shape index (κ1) is 23.6. The number of aryl methyl sites for hydroxylation is 1. The van der Waals surface area contributed by atoms with Crippen LogP contribution in [0.2, 0.25) is 10.0 Å². The highest BCUT2D eigenvalue weighted by Crippen LogP contribution is 2.38. The molecule has 2 aromatic carbocycles. The average Bonchev–Trinajstić information content (AvgIpc) is 3.17. The van der Waals surface area contributed by atoms with E-state index in [4.69, 9.17) is 27.9 Å². The number of carbonyl (C=O) groups excluding carboxylic acids is 2. The van der Waals surface area contributed by atoms with Crippen molar-refractivity contribution in [3.8, 4) is 5.75 Å². The molecule has 0 unspecified atom stereocenters. The zero-order valence-corrected chi connectivity index (χ0v) is 20.3. The van der Waals surface area contributed by atoms with E-state index in [-0.39, 0.29) is 18.4 Å². The fourth-order valence-electron chi connectivity index (χ4n) is 3.85. The van der Waals surface area contributed by atoms with Crippen molar-refractivity contribution < 1.29 is 14.3 Å². The Morgan fingerprint density at radius 1 is 1.03 bits per heavy atom. The lowest BCUT2D eigenvalue weighted by Gasteiger charge is -2.13. The van der Waals surface area contributed by atoms with Gasteiger partial charge in [-0.25, -0.2) is 0 Å². The van der Waals surface area contributed by atoms with E-state index in [0.717, 1.165) is 43.2 Å². The Balaban J connectivity index is 1.43. The van der Waals surface area contributed by atoms with Crippen LogP contribution in [-0.4, -0.2) is 25.0 Å². The van der Waals surface area contributed by atoms with Gasteiger partial charge in [-0.1, -0.05) is 53.5 Å². The highest BCUT2D eigenvalue weighted by molar-refractivity contribution is 7.17. The van der Waals surface area contributed by atoms with Crippen molar-refractivity contribution in [3.05, 3.63) is 80.1 Å². The van der Waals surface area contributed by atoms with Crippen molar-refractivity contribution in [3.63, 3.8) is 0 Å². The Hall–Kier alpha value is -2.54. The minimum absolute atomic E-state index is 0.151. The second-order valence-corrected chi connectivity index (χ2v) is 9.77. The van der Waals surface area contributed by atoms with Gasteiger partial charge in [0.25, 0.3) is 11.8 Å². The van der Waals surface area contributed by atoms with Crippen molar-refractivity contribution in [1.29, 1.82) is 0 Å². The zero-order valence-electron chi connectivity index (χ0n) is 18.0. The van der Waals surface area contributed by atoms with Crippen LogP contribution in [0.5, 0.6) is 5.75 Å². The Bertz CT molecular complexity index is 1150. The number of ether oxygens (including phenoxy) is 1. The zero-order chi connectivity index (χ0) is 23.2. The minimum atomic E-state index is -0.349. The summed E-state index contributed by atoms with van der Waals surface area (Å²) in [5, 5.41) is 7.31. The molecule has 5 nitrogen and oxygen atoms in total. The van der Waals surface area contributed by atoms with Gasteiger partial charge in [-0.15, -0.1) is 11.3 Å². The fraction of sp³-hybridized carbons (Fsp3) is 0.280. The first-order valence-electron chi connectivity index (χ1n) is 10.9. The normalized spacial score (nSPS) is 12.7. The third-order valence-electron chi connectivity index (χ3n) is 5.45. The van der Waals surface area contributed by atoms with Crippen molar-refractivity contribution in [1.82, 2.24) is 5.32 Å². The van der Waals surface area contributed by atoms with Gasteiger partial charge in [0.05, 0.1) is 10.6 Å². The highest BCUT2D eigenvalue weighted by atomic mass is 35.5. The summed E-state index contributed by atoms with van der Waals surface area (Å²) in [5.74, 6) is -0.124. The average molecular weight is 503 g/mol. The van der Waals surface area contributed by atoms with Crippen LogP contribution in [0.3, 0.4) is 0 Å². The van der Waals surface area contributed by atoms with Gasteiger partial charge in [-0.3, -0.25) is 9.59 Å². The summed E-state index contributed by atoms with van der Waals surface area (Å²) in [4.78, 5) is 26.9. The second-order valence-electron chi connectivity index (χ2n) is 7.82. The number of rotatable bonds is 8. The van der Waals surface area contributed by atoms with E-state index in [1.807, 2.05) is 30.3 Å². The van der Waals surface area contributed by atoms with Crippen LogP contribution in [0.4, 0.5) is 5.00 Å². The molecule has 33 heavy (non-hydrogen) atoms. The molecule has 2 N–H and O–H groups in total. The van der Waals surface area contributed by atoms with Crippen molar-refractivity contribution in [2.24, 2.45) is 0 Å². The molecule has 3 aromatic rings. The van der Waals surface area contributed by atoms with Crippen molar-refractivity contribution in [2.45, 2.75) is 32.1 Å². The number of benzene rings is 2. The molecule has 0 atom stereocenters. The molecule has 2 amide bonds. The van der Waals surface area contributed by atoms with Crippen LogP contribution in [-0.2, 0) is 24.1 Å². The molecule has 0 spiro atoms. The fourth-order valence-corrected chi connectivity index (χ4v) is 5.61. The minimum Gasteiger partial charge on any atom is -0.482 e. The van der Waals surface area contributed by atoms with Crippen molar-refractivity contribution in [2.75, 3.05) is 18.5 Å². The van der Waals surface area contributed by atoms with Crippen LogP contribution in [0.15, 0.2) is 48.5 Å². The lowest BCUT2D eigenvalue weighted by Crippen LogP contribution is -2.28.